The van der Waals surface area contributed by atoms with Gasteiger partial charge in [0.15, 0.2) is 29.8 Å². The molecule has 0 bridgehead atoms. The number of phenolic OH excluding ortho intramolecular Hbond substituents is 1. The number of carbonyl (C=O) groups is 7. The number of aromatic hydroxyl groups is 1. The van der Waals surface area contributed by atoms with Crippen LogP contribution in [0.5, 0.6) is 17.2 Å². The van der Waals surface area contributed by atoms with Crippen molar-refractivity contribution in [3.63, 3.8) is 0 Å². The molecule has 21 nitrogen and oxygen atoms in total. The van der Waals surface area contributed by atoms with E-state index in [1.807, 2.05) is 0 Å². The van der Waals surface area contributed by atoms with E-state index in [0.717, 1.165) is 12.1 Å². The monoisotopic (exact) mass is 1310 g/mol. The number of benzene rings is 9. The standard InChI is InChI=1S/C76H58O21/c1-45-62(92-69(80)48-25-11-3-12-26-48)64(94-71(82)50-29-15-5-16-30-50)66(96-73(84)52-33-19-7-20-34-52)75(87-45)88-54-39-37-46(38-40-54)58-43-57(78)61-56(77)41-55(42-59(61)90-58)89-76-67(97-74(85)53-35-21-8-22-36-53)65(95-72(83)51-31-17-6-18-32-51)63(93-70(81)49-27-13-4-14-28-49)60(91-76)44-86-68(79)47-23-9-2-10-24-47/h2-43,45,60,62-67,75-77H,44H2,1H3/t45-,60+,62-,63+,64+,65-,66+,67+,75-,76+/m0/s1. The lowest BCUT2D eigenvalue weighted by molar-refractivity contribution is -0.275. The van der Waals surface area contributed by atoms with Gasteiger partial charge in [0.1, 0.15) is 46.7 Å². The highest BCUT2D eigenvalue weighted by molar-refractivity contribution is 5.94. The first-order valence-electron chi connectivity index (χ1n) is 30.5. The van der Waals surface area contributed by atoms with E-state index in [9.17, 15) is 43.5 Å². The maximum atomic E-state index is 14.3. The third-order valence-electron chi connectivity index (χ3n) is 15.6. The molecule has 1 aromatic heterocycles. The molecule has 10 atom stereocenters. The minimum atomic E-state index is -1.87. The molecule has 0 spiro atoms. The summed E-state index contributed by atoms with van der Waals surface area (Å²) in [5.41, 5.74) is 0.147. The summed E-state index contributed by atoms with van der Waals surface area (Å²) in [6.45, 7) is 0.903. The summed E-state index contributed by atoms with van der Waals surface area (Å²) >= 11 is 0. The zero-order valence-electron chi connectivity index (χ0n) is 51.3. The van der Waals surface area contributed by atoms with Crippen LogP contribution in [-0.2, 0) is 42.6 Å². The largest absolute Gasteiger partial charge is 0.507 e. The molecule has 0 radical (unpaired) electrons. The van der Waals surface area contributed by atoms with Crippen molar-refractivity contribution >= 4 is 52.8 Å². The Labute approximate surface area is 553 Å². The minimum Gasteiger partial charge on any atom is -0.507 e. The lowest BCUT2D eigenvalue weighted by atomic mass is 9.97. The Morgan fingerprint density at radius 3 is 1.12 bits per heavy atom. The second kappa shape index (κ2) is 29.8. The molecule has 0 unspecified atom stereocenters. The fourth-order valence-corrected chi connectivity index (χ4v) is 10.8. The normalized spacial score (nSPS) is 20.3. The van der Waals surface area contributed by atoms with Gasteiger partial charge < -0.3 is 61.6 Å². The Morgan fingerprint density at radius 2 is 0.711 bits per heavy atom. The molecular formula is C76H58O21. The number of rotatable bonds is 20. The fourth-order valence-electron chi connectivity index (χ4n) is 10.8. The quantitative estimate of drug-likeness (QED) is 0.0548. The van der Waals surface area contributed by atoms with Gasteiger partial charge in [0.25, 0.3) is 0 Å². The van der Waals surface area contributed by atoms with Crippen molar-refractivity contribution in [3.05, 3.63) is 304 Å². The highest BCUT2D eigenvalue weighted by atomic mass is 16.7. The molecule has 0 amide bonds. The van der Waals surface area contributed by atoms with E-state index in [4.69, 9.17) is 56.5 Å². The van der Waals surface area contributed by atoms with Crippen LogP contribution in [-0.4, -0.2) is 115 Å². The van der Waals surface area contributed by atoms with Crippen molar-refractivity contribution in [1.29, 1.82) is 0 Å². The first-order valence-corrected chi connectivity index (χ1v) is 30.5. The predicted octanol–water partition coefficient (Wildman–Crippen LogP) is 11.6. The summed E-state index contributed by atoms with van der Waals surface area (Å²) in [4.78, 5) is 112. The zero-order chi connectivity index (χ0) is 67.4. The summed E-state index contributed by atoms with van der Waals surface area (Å²) in [6.07, 6.45) is -15.8. The summed E-state index contributed by atoms with van der Waals surface area (Å²) in [6, 6.07) is 65.0. The first-order chi connectivity index (χ1) is 47.2. The summed E-state index contributed by atoms with van der Waals surface area (Å²) in [5, 5.41) is 11.4. The Morgan fingerprint density at radius 1 is 0.371 bits per heavy atom. The van der Waals surface area contributed by atoms with E-state index < -0.39 is 121 Å². The Hall–Kier alpha value is -12.2. The van der Waals surface area contributed by atoms with E-state index in [1.165, 1.54) is 103 Å². The van der Waals surface area contributed by atoms with Gasteiger partial charge in [-0.1, -0.05) is 127 Å². The molecular weight excluding hydrogens is 1250 g/mol. The fraction of sp³-hybridized carbons (Fsp3) is 0.158. The van der Waals surface area contributed by atoms with Crippen LogP contribution in [0.1, 0.15) is 79.4 Å². The van der Waals surface area contributed by atoms with Crippen molar-refractivity contribution in [3.8, 4) is 28.6 Å². The average molecular weight is 1310 g/mol. The average Bonchev–Trinajstić information content (AvgIpc) is 0.790. The highest BCUT2D eigenvalue weighted by Gasteiger charge is 2.55. The molecule has 2 fully saturated rings. The maximum absolute atomic E-state index is 14.3. The van der Waals surface area contributed by atoms with Crippen LogP contribution in [0.2, 0.25) is 0 Å². The van der Waals surface area contributed by atoms with Crippen molar-refractivity contribution in [2.24, 2.45) is 0 Å². The number of hydrogen-bond donors (Lipinski definition) is 1. The van der Waals surface area contributed by atoms with Gasteiger partial charge in [-0.15, -0.1) is 0 Å². The molecule has 2 aliphatic heterocycles. The summed E-state index contributed by atoms with van der Waals surface area (Å²) < 4.78 is 74.8. The molecule has 1 N–H and O–H groups in total. The second-order valence-corrected chi connectivity index (χ2v) is 22.2. The smallest absolute Gasteiger partial charge is 0.338 e. The SMILES string of the molecule is C[C@@H]1O[C@@H](Oc2ccc(-c3cc(=O)c4c(O)cc(O[C@@H]5O[C@H](COC(=O)c6ccccc6)[C@@H](OC(=O)c6ccccc6)[C@H](OC(=O)c6ccccc6)[C@H]5OC(=O)c5ccccc5)cc4o3)cc2)[C@H](OC(=O)c2ccccc2)[C@H](OC(=O)c2ccccc2)[C@H]1OC(=O)c1ccccc1. The van der Waals surface area contributed by atoms with Crippen molar-refractivity contribution in [2.45, 2.75) is 68.3 Å². The molecule has 3 heterocycles. The van der Waals surface area contributed by atoms with Crippen LogP contribution in [0.15, 0.2) is 264 Å². The maximum Gasteiger partial charge on any atom is 0.338 e. The molecule has 488 valence electrons. The van der Waals surface area contributed by atoms with Gasteiger partial charge in [-0.05, 0) is 116 Å². The molecule has 10 aromatic rings. The minimum absolute atomic E-state index is 0.0337. The highest BCUT2D eigenvalue weighted by Crippen LogP contribution is 2.38. The Balaban J connectivity index is 0.870. The molecule has 9 aromatic carbocycles. The van der Waals surface area contributed by atoms with Gasteiger partial charge in [0, 0.05) is 23.8 Å². The van der Waals surface area contributed by atoms with E-state index in [1.54, 1.807) is 146 Å². The number of fused-ring (bicyclic) bond motifs is 1. The van der Waals surface area contributed by atoms with Crippen LogP contribution in [0.25, 0.3) is 22.3 Å². The number of carbonyl (C=O) groups excluding carboxylic acids is 7. The van der Waals surface area contributed by atoms with Gasteiger partial charge in [0.05, 0.1) is 45.0 Å². The molecule has 2 saturated heterocycles. The van der Waals surface area contributed by atoms with Crippen LogP contribution in [0.3, 0.4) is 0 Å². The van der Waals surface area contributed by atoms with E-state index in [2.05, 4.69) is 0 Å². The van der Waals surface area contributed by atoms with Gasteiger partial charge in [-0.25, -0.2) is 33.6 Å². The summed E-state index contributed by atoms with van der Waals surface area (Å²) in [7, 11) is 0. The zero-order valence-corrected chi connectivity index (χ0v) is 51.3. The molecule has 2 aliphatic rings. The van der Waals surface area contributed by atoms with E-state index >= 15 is 0 Å². The van der Waals surface area contributed by atoms with Crippen LogP contribution in [0.4, 0.5) is 0 Å². The predicted molar refractivity (Wildman–Crippen MR) is 344 cm³/mol. The van der Waals surface area contributed by atoms with Crippen molar-refractivity contribution in [2.75, 3.05) is 6.61 Å². The lowest BCUT2D eigenvalue weighted by Gasteiger charge is -2.44. The summed E-state index contributed by atoms with van der Waals surface area (Å²) in [5.74, 6) is -6.92. The number of esters is 7. The van der Waals surface area contributed by atoms with E-state index in [-0.39, 0.29) is 67.2 Å². The van der Waals surface area contributed by atoms with Gasteiger partial charge >= 0.3 is 41.8 Å². The Bertz CT molecular complexity index is 4480. The molecule has 97 heavy (non-hydrogen) atoms. The topological polar surface area (TPSA) is 271 Å². The molecule has 21 heteroatoms. The van der Waals surface area contributed by atoms with Gasteiger partial charge in [-0.3, -0.25) is 4.79 Å². The van der Waals surface area contributed by atoms with Crippen LogP contribution >= 0.6 is 0 Å². The van der Waals surface area contributed by atoms with Crippen LogP contribution < -0.4 is 14.9 Å². The number of ether oxygens (including phenoxy) is 11. The molecule has 12 rings (SSSR count). The first kappa shape index (κ1) is 64.9. The van der Waals surface area contributed by atoms with Gasteiger partial charge in [-0.2, -0.15) is 0 Å². The lowest BCUT2D eigenvalue weighted by Crippen LogP contribution is -2.63. The second-order valence-electron chi connectivity index (χ2n) is 22.2. The van der Waals surface area contributed by atoms with Crippen molar-refractivity contribution < 1.29 is 95.2 Å². The van der Waals surface area contributed by atoms with E-state index in [0.29, 0.717) is 5.56 Å². The Kier molecular flexibility index (Phi) is 19.9. The number of hydrogen-bond acceptors (Lipinski definition) is 21. The molecule has 0 saturated carbocycles. The third-order valence-corrected chi connectivity index (χ3v) is 15.6. The number of phenols is 1. The third kappa shape index (κ3) is 15.4. The molecule has 0 aliphatic carbocycles. The van der Waals surface area contributed by atoms with Gasteiger partial charge in [0.2, 0.25) is 24.8 Å². The van der Waals surface area contributed by atoms with Crippen molar-refractivity contribution in [1.82, 2.24) is 0 Å². The van der Waals surface area contributed by atoms with Crippen LogP contribution in [0, 0.1) is 0 Å².